The van der Waals surface area contributed by atoms with E-state index in [0.29, 0.717) is 25.1 Å². The summed E-state index contributed by atoms with van der Waals surface area (Å²) in [6.07, 6.45) is 0.450. The fourth-order valence-electron chi connectivity index (χ4n) is 1.86. The van der Waals surface area contributed by atoms with Crippen LogP contribution >= 0.6 is 0 Å². The number of hydrogen-bond donors (Lipinski definition) is 1. The van der Waals surface area contributed by atoms with E-state index in [-0.39, 0.29) is 23.7 Å². The van der Waals surface area contributed by atoms with Crippen molar-refractivity contribution in [2.24, 2.45) is 0 Å². The molecule has 1 aliphatic heterocycles. The number of carbonyl (C=O) groups is 2. The zero-order valence-electron chi connectivity index (χ0n) is 9.46. The summed E-state index contributed by atoms with van der Waals surface area (Å²) in [6, 6.07) is 4.26. The number of nitro groups is 1. The predicted molar refractivity (Wildman–Crippen MR) is 63.7 cm³/mol. The van der Waals surface area contributed by atoms with Crippen LogP contribution in [-0.4, -0.2) is 36.8 Å². The Kier molecular flexibility index (Phi) is 3.22. The molecule has 7 heteroatoms. The number of amides is 1. The Bertz CT molecular complexity index is 515. The van der Waals surface area contributed by atoms with Crippen molar-refractivity contribution < 1.29 is 14.5 Å². The molecule has 1 saturated heterocycles. The summed E-state index contributed by atoms with van der Waals surface area (Å²) in [7, 11) is 0. The highest BCUT2D eigenvalue weighted by Crippen LogP contribution is 2.24. The van der Waals surface area contributed by atoms with E-state index in [4.69, 9.17) is 0 Å². The van der Waals surface area contributed by atoms with Crippen molar-refractivity contribution >= 4 is 23.6 Å². The summed E-state index contributed by atoms with van der Waals surface area (Å²) in [5, 5.41) is 13.4. The first-order valence-corrected chi connectivity index (χ1v) is 5.37. The van der Waals surface area contributed by atoms with Crippen LogP contribution in [0, 0.1) is 10.1 Å². The van der Waals surface area contributed by atoms with E-state index in [1.165, 1.54) is 12.1 Å². The molecule has 0 aliphatic carbocycles. The minimum absolute atomic E-state index is 0.0171. The SMILES string of the molecule is O=Cc1cc(N2CCNC(=O)C2)ccc1[N+](=O)[O-]. The Morgan fingerprint density at radius 1 is 1.44 bits per heavy atom. The van der Waals surface area contributed by atoms with Crippen molar-refractivity contribution in [2.75, 3.05) is 24.5 Å². The van der Waals surface area contributed by atoms with E-state index >= 15 is 0 Å². The highest BCUT2D eigenvalue weighted by atomic mass is 16.6. The van der Waals surface area contributed by atoms with Crippen molar-refractivity contribution in [2.45, 2.75) is 0 Å². The number of anilines is 1. The van der Waals surface area contributed by atoms with Gasteiger partial charge in [-0.1, -0.05) is 0 Å². The molecule has 18 heavy (non-hydrogen) atoms. The molecule has 2 rings (SSSR count). The molecule has 94 valence electrons. The second-order valence-electron chi connectivity index (χ2n) is 3.89. The number of carbonyl (C=O) groups excluding carboxylic acids is 2. The molecular weight excluding hydrogens is 238 g/mol. The lowest BCUT2D eigenvalue weighted by atomic mass is 10.1. The predicted octanol–water partition coefficient (Wildman–Crippen LogP) is 0.343. The zero-order valence-corrected chi connectivity index (χ0v) is 9.46. The lowest BCUT2D eigenvalue weighted by Gasteiger charge is -2.28. The van der Waals surface area contributed by atoms with Gasteiger partial charge in [-0.2, -0.15) is 0 Å². The summed E-state index contributed by atoms with van der Waals surface area (Å²) in [5.74, 6) is -0.104. The third-order valence-electron chi connectivity index (χ3n) is 2.74. The van der Waals surface area contributed by atoms with Crippen LogP contribution in [0.4, 0.5) is 11.4 Å². The number of piperazine rings is 1. The summed E-state index contributed by atoms with van der Waals surface area (Å²) >= 11 is 0. The van der Waals surface area contributed by atoms with Crippen LogP contribution in [0.3, 0.4) is 0 Å². The topological polar surface area (TPSA) is 92.6 Å². The summed E-state index contributed by atoms with van der Waals surface area (Å²) < 4.78 is 0. The lowest BCUT2D eigenvalue weighted by Crippen LogP contribution is -2.47. The Hall–Kier alpha value is -2.44. The van der Waals surface area contributed by atoms with Gasteiger partial charge in [0.15, 0.2) is 6.29 Å². The van der Waals surface area contributed by atoms with Crippen LogP contribution in [0.2, 0.25) is 0 Å². The van der Waals surface area contributed by atoms with Gasteiger partial charge in [-0.15, -0.1) is 0 Å². The molecule has 0 unspecified atom stereocenters. The Labute approximate surface area is 103 Å². The van der Waals surface area contributed by atoms with Gasteiger partial charge >= 0.3 is 0 Å². The van der Waals surface area contributed by atoms with Crippen molar-refractivity contribution in [3.63, 3.8) is 0 Å². The first kappa shape index (κ1) is 12.0. The van der Waals surface area contributed by atoms with Crippen LogP contribution < -0.4 is 10.2 Å². The van der Waals surface area contributed by atoms with Gasteiger partial charge in [0.05, 0.1) is 17.0 Å². The summed E-state index contributed by atoms with van der Waals surface area (Å²) in [5.41, 5.74) is 0.427. The van der Waals surface area contributed by atoms with Crippen LogP contribution in [-0.2, 0) is 4.79 Å². The quantitative estimate of drug-likeness (QED) is 0.474. The maximum atomic E-state index is 11.2. The monoisotopic (exact) mass is 249 g/mol. The molecular formula is C11H11N3O4. The number of benzene rings is 1. The average Bonchev–Trinajstić information content (AvgIpc) is 2.37. The van der Waals surface area contributed by atoms with E-state index in [1.54, 1.807) is 11.0 Å². The molecule has 0 saturated carbocycles. The lowest BCUT2D eigenvalue weighted by molar-refractivity contribution is -0.385. The van der Waals surface area contributed by atoms with Crippen molar-refractivity contribution in [1.29, 1.82) is 0 Å². The minimum atomic E-state index is -0.601. The van der Waals surface area contributed by atoms with Gasteiger partial charge in [0.2, 0.25) is 5.91 Å². The molecule has 0 radical (unpaired) electrons. The van der Waals surface area contributed by atoms with Gasteiger partial charge in [-0.05, 0) is 12.1 Å². The molecule has 7 nitrogen and oxygen atoms in total. The summed E-state index contributed by atoms with van der Waals surface area (Å²) in [4.78, 5) is 33.9. The van der Waals surface area contributed by atoms with E-state index in [9.17, 15) is 19.7 Å². The number of rotatable bonds is 3. The molecule has 1 heterocycles. The first-order chi connectivity index (χ1) is 8.61. The van der Waals surface area contributed by atoms with Gasteiger partial charge in [0.1, 0.15) is 0 Å². The number of nitrogens with one attached hydrogen (secondary N) is 1. The van der Waals surface area contributed by atoms with E-state index in [0.717, 1.165) is 0 Å². The Morgan fingerprint density at radius 3 is 2.83 bits per heavy atom. The molecule has 0 atom stereocenters. The number of nitrogens with zero attached hydrogens (tertiary/aromatic N) is 2. The van der Waals surface area contributed by atoms with Crippen molar-refractivity contribution in [3.05, 3.63) is 33.9 Å². The maximum absolute atomic E-state index is 11.2. The van der Waals surface area contributed by atoms with Gasteiger partial charge < -0.3 is 10.2 Å². The molecule has 0 spiro atoms. The molecule has 1 aromatic rings. The van der Waals surface area contributed by atoms with E-state index in [1.807, 2.05) is 0 Å². The van der Waals surface area contributed by atoms with Gasteiger partial charge in [0.25, 0.3) is 5.69 Å². The Morgan fingerprint density at radius 2 is 2.22 bits per heavy atom. The van der Waals surface area contributed by atoms with Crippen LogP contribution in [0.25, 0.3) is 0 Å². The van der Waals surface area contributed by atoms with Crippen LogP contribution in [0.5, 0.6) is 0 Å². The van der Waals surface area contributed by atoms with E-state index < -0.39 is 4.92 Å². The third kappa shape index (κ3) is 2.29. The maximum Gasteiger partial charge on any atom is 0.280 e. The number of hydrogen-bond acceptors (Lipinski definition) is 5. The molecule has 0 bridgehead atoms. The average molecular weight is 249 g/mol. The molecule has 1 amide bonds. The summed E-state index contributed by atoms with van der Waals surface area (Å²) in [6.45, 7) is 1.32. The fourth-order valence-corrected chi connectivity index (χ4v) is 1.86. The first-order valence-electron chi connectivity index (χ1n) is 5.37. The third-order valence-corrected chi connectivity index (χ3v) is 2.74. The van der Waals surface area contributed by atoms with Gasteiger partial charge in [0, 0.05) is 24.8 Å². The van der Waals surface area contributed by atoms with Crippen LogP contribution in [0.1, 0.15) is 10.4 Å². The highest BCUT2D eigenvalue weighted by Gasteiger charge is 2.19. The number of aldehydes is 1. The largest absolute Gasteiger partial charge is 0.360 e. The Balaban J connectivity index is 2.32. The fraction of sp³-hybridized carbons (Fsp3) is 0.273. The minimum Gasteiger partial charge on any atom is -0.360 e. The van der Waals surface area contributed by atoms with Crippen molar-refractivity contribution in [3.8, 4) is 0 Å². The normalized spacial score (nSPS) is 15.1. The van der Waals surface area contributed by atoms with Gasteiger partial charge in [-0.3, -0.25) is 19.7 Å². The molecule has 1 N–H and O–H groups in total. The number of nitro benzene ring substituents is 1. The van der Waals surface area contributed by atoms with E-state index in [2.05, 4.69) is 5.32 Å². The van der Waals surface area contributed by atoms with Gasteiger partial charge in [-0.25, -0.2) is 0 Å². The second-order valence-corrected chi connectivity index (χ2v) is 3.89. The molecule has 1 aliphatic rings. The molecule has 1 aromatic carbocycles. The smallest absolute Gasteiger partial charge is 0.280 e. The second kappa shape index (κ2) is 4.82. The van der Waals surface area contributed by atoms with Crippen molar-refractivity contribution in [1.82, 2.24) is 5.32 Å². The molecule has 1 fully saturated rings. The zero-order chi connectivity index (χ0) is 13.1. The standard InChI is InChI=1S/C11H11N3O4/c15-7-8-5-9(1-2-10(8)14(17)18)13-4-3-12-11(16)6-13/h1-2,5,7H,3-4,6H2,(H,12,16). The molecule has 0 aromatic heterocycles. The van der Waals surface area contributed by atoms with Crippen LogP contribution in [0.15, 0.2) is 18.2 Å². The highest BCUT2D eigenvalue weighted by molar-refractivity contribution is 5.86.